The van der Waals surface area contributed by atoms with E-state index in [1.165, 1.54) is 30.3 Å². The molecular formula is C29H26F3N7O3. The predicted octanol–water partition coefficient (Wildman–Crippen LogP) is 5.40. The number of pyridine rings is 2. The van der Waals surface area contributed by atoms with E-state index >= 15 is 0 Å². The number of carbonyl (C=O) groups is 1. The van der Waals surface area contributed by atoms with E-state index in [1.807, 2.05) is 0 Å². The Morgan fingerprint density at radius 2 is 1.74 bits per heavy atom. The highest BCUT2D eigenvalue weighted by Crippen LogP contribution is 2.39. The van der Waals surface area contributed by atoms with Crippen LogP contribution in [0.5, 0.6) is 5.88 Å². The molecule has 42 heavy (non-hydrogen) atoms. The number of aromatic nitrogens is 6. The number of aliphatic carboxylic acids is 1. The van der Waals surface area contributed by atoms with Gasteiger partial charge in [-0.2, -0.15) is 4.98 Å². The summed E-state index contributed by atoms with van der Waals surface area (Å²) in [4.78, 5) is 33.2. The Labute approximate surface area is 238 Å². The van der Waals surface area contributed by atoms with Crippen molar-refractivity contribution in [2.24, 2.45) is 7.05 Å². The number of benzene rings is 1. The summed E-state index contributed by atoms with van der Waals surface area (Å²) in [5.74, 6) is -1.24. The molecule has 0 radical (unpaired) electrons. The van der Waals surface area contributed by atoms with Crippen LogP contribution in [0.25, 0.3) is 33.5 Å². The topological polar surface area (TPSA) is 142 Å². The van der Waals surface area contributed by atoms with Crippen LogP contribution in [-0.4, -0.2) is 40.6 Å². The number of fused-ring (bicyclic) bond motifs is 1. The van der Waals surface area contributed by atoms with Crippen LogP contribution in [0.1, 0.15) is 43.2 Å². The fourth-order valence-electron chi connectivity index (χ4n) is 4.43. The highest BCUT2D eigenvalue weighted by atomic mass is 19.3. The van der Waals surface area contributed by atoms with Crippen molar-refractivity contribution >= 4 is 23.1 Å². The Morgan fingerprint density at radius 3 is 2.40 bits per heavy atom. The number of carboxylic acids is 1. The molecule has 0 atom stereocenters. The Kier molecular flexibility index (Phi) is 7.27. The molecule has 216 valence electrons. The Hall–Kier alpha value is -5.07. The predicted molar refractivity (Wildman–Crippen MR) is 148 cm³/mol. The summed E-state index contributed by atoms with van der Waals surface area (Å²) in [5, 5.41) is 9.59. The van der Waals surface area contributed by atoms with Crippen LogP contribution in [0.4, 0.5) is 19.1 Å². The maximum atomic E-state index is 13.7. The molecule has 0 aliphatic rings. The van der Waals surface area contributed by atoms with Gasteiger partial charge in [-0.05, 0) is 74.9 Å². The highest BCUT2D eigenvalue weighted by molar-refractivity contribution is 5.85. The average Bonchev–Trinajstić information content (AvgIpc) is 3.26. The van der Waals surface area contributed by atoms with Crippen molar-refractivity contribution in [2.75, 3.05) is 5.73 Å². The van der Waals surface area contributed by atoms with Crippen LogP contribution in [0.2, 0.25) is 0 Å². The van der Waals surface area contributed by atoms with Crippen molar-refractivity contribution in [1.29, 1.82) is 0 Å². The molecular weight excluding hydrogens is 551 g/mol. The lowest BCUT2D eigenvalue weighted by Gasteiger charge is -2.17. The highest BCUT2D eigenvalue weighted by Gasteiger charge is 2.31. The molecule has 0 saturated heterocycles. The standard InChI is InChI=1S/C29H26F3N7O3/c1-14-11-16(12-18(34-14)24(31)32)22-23(15-5-7-17(30)8-6-15)37-28(33)38-26(22)42-13-21-36-25-19(39(21)4)9-10-20(35-25)29(2,3)27(40)41/h5-12,24H,13H2,1-4H3,(H,40,41)(H2,33,37,38). The minimum absolute atomic E-state index is 0.0136. The summed E-state index contributed by atoms with van der Waals surface area (Å²) in [6.45, 7) is 4.55. The molecule has 1 aromatic carbocycles. The Balaban J connectivity index is 1.61. The Bertz CT molecular complexity index is 1820. The number of halogens is 3. The third-order valence-corrected chi connectivity index (χ3v) is 6.85. The number of aryl methyl sites for hydroxylation is 2. The summed E-state index contributed by atoms with van der Waals surface area (Å²) in [6, 6.07) is 11.6. The van der Waals surface area contributed by atoms with Gasteiger partial charge in [0.1, 0.15) is 29.4 Å². The average molecular weight is 578 g/mol. The van der Waals surface area contributed by atoms with Crippen molar-refractivity contribution in [3.63, 3.8) is 0 Å². The number of rotatable bonds is 8. The number of hydrogen-bond acceptors (Lipinski definition) is 8. The first-order valence-corrected chi connectivity index (χ1v) is 12.7. The Morgan fingerprint density at radius 1 is 1.02 bits per heavy atom. The molecule has 0 aliphatic carbocycles. The SMILES string of the molecule is Cc1cc(-c2c(OCc3nc4nc(C(C)(C)C(=O)O)ccc4n3C)nc(N)nc2-c2ccc(F)cc2)cc(C(F)F)n1. The number of nitrogens with two attached hydrogens (primary N) is 1. The van der Waals surface area contributed by atoms with Crippen molar-refractivity contribution in [3.05, 3.63) is 77.3 Å². The molecule has 4 aromatic heterocycles. The van der Waals surface area contributed by atoms with E-state index in [0.29, 0.717) is 39.5 Å². The van der Waals surface area contributed by atoms with Crippen LogP contribution in [0.3, 0.4) is 0 Å². The van der Waals surface area contributed by atoms with Gasteiger partial charge in [0, 0.05) is 18.3 Å². The molecule has 3 N–H and O–H groups in total. The van der Waals surface area contributed by atoms with Crippen molar-refractivity contribution in [1.82, 2.24) is 29.5 Å². The molecule has 5 rings (SSSR count). The maximum absolute atomic E-state index is 13.7. The summed E-state index contributed by atoms with van der Waals surface area (Å²) in [5.41, 5.74) is 7.25. The van der Waals surface area contributed by atoms with E-state index in [-0.39, 0.29) is 29.7 Å². The molecule has 0 bridgehead atoms. The fraction of sp³-hybridized carbons (Fsp3) is 0.241. The summed E-state index contributed by atoms with van der Waals surface area (Å²) >= 11 is 0. The first kappa shape index (κ1) is 28.5. The van der Waals surface area contributed by atoms with Crippen LogP contribution < -0.4 is 10.5 Å². The lowest BCUT2D eigenvalue weighted by molar-refractivity contribution is -0.142. The maximum Gasteiger partial charge on any atom is 0.315 e. The second-order valence-corrected chi connectivity index (χ2v) is 10.2. The van der Waals surface area contributed by atoms with Crippen molar-refractivity contribution in [2.45, 2.75) is 39.2 Å². The van der Waals surface area contributed by atoms with Crippen LogP contribution >= 0.6 is 0 Å². The second kappa shape index (κ2) is 10.7. The summed E-state index contributed by atoms with van der Waals surface area (Å²) < 4.78 is 49.0. The molecule has 0 saturated carbocycles. The van der Waals surface area contributed by atoms with E-state index in [0.717, 1.165) is 0 Å². The van der Waals surface area contributed by atoms with Gasteiger partial charge in [0.2, 0.25) is 11.8 Å². The van der Waals surface area contributed by atoms with Gasteiger partial charge in [0.15, 0.2) is 5.65 Å². The molecule has 13 heteroatoms. The zero-order chi connectivity index (χ0) is 30.3. The van der Waals surface area contributed by atoms with E-state index in [1.54, 1.807) is 50.6 Å². The van der Waals surface area contributed by atoms with Crippen LogP contribution in [-0.2, 0) is 23.9 Å². The second-order valence-electron chi connectivity index (χ2n) is 10.2. The number of carboxylic acid groups (broad SMARTS) is 1. The largest absolute Gasteiger partial charge is 0.481 e. The number of imidazole rings is 1. The molecule has 0 aliphatic heterocycles. The number of nitrogens with zero attached hydrogens (tertiary/aromatic N) is 6. The first-order chi connectivity index (χ1) is 19.8. The van der Waals surface area contributed by atoms with Crippen LogP contribution in [0, 0.1) is 12.7 Å². The van der Waals surface area contributed by atoms with Gasteiger partial charge < -0.3 is 20.1 Å². The normalized spacial score (nSPS) is 11.8. The number of nitrogen functional groups attached to an aromatic ring is 1. The van der Waals surface area contributed by atoms with Gasteiger partial charge in [0.25, 0.3) is 6.43 Å². The lowest BCUT2D eigenvalue weighted by Crippen LogP contribution is -2.29. The van der Waals surface area contributed by atoms with E-state index in [4.69, 9.17) is 10.5 Å². The number of hydrogen-bond donors (Lipinski definition) is 2. The third-order valence-electron chi connectivity index (χ3n) is 6.85. The van der Waals surface area contributed by atoms with Crippen molar-refractivity contribution in [3.8, 4) is 28.3 Å². The number of alkyl halides is 2. The molecule has 0 fully saturated rings. The summed E-state index contributed by atoms with van der Waals surface area (Å²) in [7, 11) is 1.75. The van der Waals surface area contributed by atoms with Gasteiger partial charge in [-0.1, -0.05) is 0 Å². The molecule has 10 nitrogen and oxygen atoms in total. The smallest absolute Gasteiger partial charge is 0.315 e. The lowest BCUT2D eigenvalue weighted by atomic mass is 9.89. The zero-order valence-electron chi connectivity index (χ0n) is 23.1. The van der Waals surface area contributed by atoms with Gasteiger partial charge in [-0.15, -0.1) is 0 Å². The first-order valence-electron chi connectivity index (χ1n) is 12.7. The molecule has 0 amide bonds. The summed E-state index contributed by atoms with van der Waals surface area (Å²) in [6.07, 6.45) is -2.83. The van der Waals surface area contributed by atoms with Gasteiger partial charge in [-0.25, -0.2) is 28.1 Å². The fourth-order valence-corrected chi connectivity index (χ4v) is 4.43. The van der Waals surface area contributed by atoms with Gasteiger partial charge in [0.05, 0.1) is 22.5 Å². The van der Waals surface area contributed by atoms with E-state index < -0.39 is 29.3 Å². The quantitative estimate of drug-likeness (QED) is 0.248. The minimum Gasteiger partial charge on any atom is -0.481 e. The molecule has 4 heterocycles. The number of ether oxygens (including phenoxy) is 1. The monoisotopic (exact) mass is 577 g/mol. The third kappa shape index (κ3) is 5.32. The molecule has 0 unspecified atom stereocenters. The number of anilines is 1. The van der Waals surface area contributed by atoms with Crippen molar-refractivity contribution < 1.29 is 27.8 Å². The van der Waals surface area contributed by atoms with E-state index in [2.05, 4.69) is 24.9 Å². The molecule has 5 aromatic rings. The molecule has 0 spiro atoms. The minimum atomic E-state index is -2.83. The van der Waals surface area contributed by atoms with Gasteiger partial charge >= 0.3 is 5.97 Å². The van der Waals surface area contributed by atoms with E-state index in [9.17, 15) is 23.1 Å². The van der Waals surface area contributed by atoms with Gasteiger partial charge in [-0.3, -0.25) is 9.78 Å². The zero-order valence-corrected chi connectivity index (χ0v) is 23.1. The van der Waals surface area contributed by atoms with Crippen LogP contribution in [0.15, 0.2) is 48.5 Å².